The molecule has 0 saturated carbocycles. The van der Waals surface area contributed by atoms with Crippen LogP contribution in [0.15, 0.2) is 35.5 Å². The maximum atomic E-state index is 12.8. The van der Waals surface area contributed by atoms with Crippen LogP contribution in [0.1, 0.15) is 51.6 Å². The van der Waals surface area contributed by atoms with Crippen LogP contribution in [0.3, 0.4) is 0 Å². The number of ether oxygens (including phenoxy) is 2. The number of fused-ring (bicyclic) bond motifs is 1. The number of tetrazole rings is 1. The van der Waals surface area contributed by atoms with Gasteiger partial charge in [-0.2, -0.15) is 4.68 Å². The van der Waals surface area contributed by atoms with Crippen molar-refractivity contribution in [2.45, 2.75) is 46.1 Å². The zero-order valence-corrected chi connectivity index (χ0v) is 15.9. The number of aromatic nitrogens is 4. The number of unbranched alkanes of at least 4 members (excludes halogenated alkanes) is 1. The summed E-state index contributed by atoms with van der Waals surface area (Å²) >= 11 is 0. The summed E-state index contributed by atoms with van der Waals surface area (Å²) in [5.41, 5.74) is 1.98. The summed E-state index contributed by atoms with van der Waals surface area (Å²) in [6.45, 7) is 6.87. The van der Waals surface area contributed by atoms with Crippen molar-refractivity contribution < 1.29 is 14.3 Å². The molecule has 8 heteroatoms. The summed E-state index contributed by atoms with van der Waals surface area (Å²) in [5.74, 6) is 0.817. The second-order valence-electron chi connectivity index (χ2n) is 6.39. The molecule has 1 aliphatic rings. The molecule has 2 aromatic rings. The molecule has 144 valence electrons. The highest BCUT2D eigenvalue weighted by Gasteiger charge is 2.36. The summed E-state index contributed by atoms with van der Waals surface area (Å²) in [5, 5.41) is 14.9. The third kappa shape index (κ3) is 3.94. The molecule has 0 fully saturated rings. The minimum absolute atomic E-state index is 0.361. The third-order valence-electron chi connectivity index (χ3n) is 4.34. The SMILES string of the molecule is CCCCOc1ccccc1C1C(C(=O)OCCC)=C(C)Nc2nnnn21. The van der Waals surface area contributed by atoms with Gasteiger partial charge < -0.3 is 14.8 Å². The summed E-state index contributed by atoms with van der Waals surface area (Å²) in [6, 6.07) is 7.15. The van der Waals surface area contributed by atoms with Gasteiger partial charge in [-0.15, -0.1) is 0 Å². The van der Waals surface area contributed by atoms with E-state index >= 15 is 0 Å². The Balaban J connectivity index is 2.04. The monoisotopic (exact) mass is 371 g/mol. The highest BCUT2D eigenvalue weighted by Crippen LogP contribution is 2.38. The maximum Gasteiger partial charge on any atom is 0.338 e. The Morgan fingerprint density at radius 3 is 2.81 bits per heavy atom. The lowest BCUT2D eigenvalue weighted by atomic mass is 9.95. The predicted molar refractivity (Wildman–Crippen MR) is 100 cm³/mol. The van der Waals surface area contributed by atoms with Crippen LogP contribution in [0.25, 0.3) is 0 Å². The summed E-state index contributed by atoms with van der Waals surface area (Å²) < 4.78 is 13.0. The molecular weight excluding hydrogens is 346 g/mol. The predicted octanol–water partition coefficient (Wildman–Crippen LogP) is 3.09. The van der Waals surface area contributed by atoms with Crippen molar-refractivity contribution in [2.75, 3.05) is 18.5 Å². The Labute approximate surface area is 158 Å². The van der Waals surface area contributed by atoms with E-state index < -0.39 is 6.04 Å². The number of esters is 1. The number of allylic oxidation sites excluding steroid dienone is 1. The lowest BCUT2D eigenvalue weighted by molar-refractivity contribution is -0.139. The number of hydrogen-bond acceptors (Lipinski definition) is 7. The zero-order chi connectivity index (χ0) is 19.2. The van der Waals surface area contributed by atoms with Crippen LogP contribution in [-0.2, 0) is 9.53 Å². The molecule has 0 saturated heterocycles. The van der Waals surface area contributed by atoms with Gasteiger partial charge in [-0.3, -0.25) is 0 Å². The van der Waals surface area contributed by atoms with Gasteiger partial charge in [0.1, 0.15) is 11.8 Å². The molecule has 1 aromatic heterocycles. The average Bonchev–Trinajstić information content (AvgIpc) is 3.13. The summed E-state index contributed by atoms with van der Waals surface area (Å²) in [7, 11) is 0. The summed E-state index contributed by atoms with van der Waals surface area (Å²) in [6.07, 6.45) is 2.75. The fourth-order valence-electron chi connectivity index (χ4n) is 3.00. The van der Waals surface area contributed by atoms with Crippen LogP contribution in [0.4, 0.5) is 5.95 Å². The van der Waals surface area contributed by atoms with Crippen molar-refractivity contribution in [3.63, 3.8) is 0 Å². The first-order chi connectivity index (χ1) is 13.2. The Kier molecular flexibility index (Phi) is 6.05. The van der Waals surface area contributed by atoms with E-state index in [1.807, 2.05) is 38.1 Å². The first-order valence-corrected chi connectivity index (χ1v) is 9.31. The highest BCUT2D eigenvalue weighted by atomic mass is 16.5. The highest BCUT2D eigenvalue weighted by molar-refractivity contribution is 5.92. The van der Waals surface area contributed by atoms with Gasteiger partial charge in [0.05, 0.1) is 18.8 Å². The van der Waals surface area contributed by atoms with E-state index in [4.69, 9.17) is 9.47 Å². The first-order valence-electron chi connectivity index (χ1n) is 9.31. The Hall–Kier alpha value is -2.90. The Morgan fingerprint density at radius 1 is 1.22 bits per heavy atom. The minimum Gasteiger partial charge on any atom is -0.493 e. The number of anilines is 1. The molecule has 0 aliphatic carbocycles. The normalized spacial score (nSPS) is 15.9. The number of rotatable bonds is 8. The molecule has 0 amide bonds. The van der Waals surface area contributed by atoms with Crippen LogP contribution < -0.4 is 10.1 Å². The van der Waals surface area contributed by atoms with Gasteiger partial charge in [0.2, 0.25) is 5.95 Å². The standard InChI is InChI=1S/C19H25N5O3/c1-4-6-12-26-15-10-8-7-9-14(15)17-16(18(25)27-11-5-2)13(3)20-19-21-22-23-24(17)19/h7-10,17H,4-6,11-12H2,1-3H3,(H,20,21,23). The van der Waals surface area contributed by atoms with Gasteiger partial charge in [0.25, 0.3) is 0 Å². The molecule has 1 unspecified atom stereocenters. The number of carbonyl (C=O) groups excluding carboxylic acids is 1. The number of nitrogens with one attached hydrogen (secondary N) is 1. The van der Waals surface area contributed by atoms with Crippen molar-refractivity contribution in [3.8, 4) is 5.75 Å². The van der Waals surface area contributed by atoms with Gasteiger partial charge in [0.15, 0.2) is 0 Å². The Bertz CT molecular complexity index is 830. The molecule has 0 spiro atoms. The van der Waals surface area contributed by atoms with E-state index in [0.717, 1.165) is 24.8 Å². The average molecular weight is 371 g/mol. The number of para-hydroxylation sites is 1. The molecule has 1 aromatic carbocycles. The second kappa shape index (κ2) is 8.66. The van der Waals surface area contributed by atoms with Gasteiger partial charge in [-0.05, 0) is 36.3 Å². The van der Waals surface area contributed by atoms with E-state index in [2.05, 4.69) is 27.8 Å². The Morgan fingerprint density at radius 2 is 2.04 bits per heavy atom. The minimum atomic E-state index is -0.515. The largest absolute Gasteiger partial charge is 0.493 e. The first kappa shape index (κ1) is 18.9. The quantitative estimate of drug-likeness (QED) is 0.563. The molecule has 1 aliphatic heterocycles. The third-order valence-corrected chi connectivity index (χ3v) is 4.34. The fraction of sp³-hybridized carbons (Fsp3) is 0.474. The molecule has 27 heavy (non-hydrogen) atoms. The lowest BCUT2D eigenvalue weighted by Gasteiger charge is -2.28. The van der Waals surface area contributed by atoms with Crippen LogP contribution in [-0.4, -0.2) is 39.4 Å². The van der Waals surface area contributed by atoms with Crippen molar-refractivity contribution in [2.24, 2.45) is 0 Å². The molecular formula is C19H25N5O3. The maximum absolute atomic E-state index is 12.8. The van der Waals surface area contributed by atoms with Crippen LogP contribution in [0, 0.1) is 0 Å². The molecule has 3 rings (SSSR count). The van der Waals surface area contributed by atoms with E-state index in [1.54, 1.807) is 4.68 Å². The molecule has 0 bridgehead atoms. The lowest BCUT2D eigenvalue weighted by Crippen LogP contribution is -2.30. The van der Waals surface area contributed by atoms with E-state index in [9.17, 15) is 4.79 Å². The van der Waals surface area contributed by atoms with E-state index in [-0.39, 0.29) is 5.97 Å². The number of hydrogen-bond donors (Lipinski definition) is 1. The smallest absolute Gasteiger partial charge is 0.338 e. The summed E-state index contributed by atoms with van der Waals surface area (Å²) in [4.78, 5) is 12.8. The van der Waals surface area contributed by atoms with Crippen molar-refractivity contribution >= 4 is 11.9 Å². The molecule has 8 nitrogen and oxygen atoms in total. The number of carbonyl (C=O) groups is 1. The van der Waals surface area contributed by atoms with Crippen molar-refractivity contribution in [1.29, 1.82) is 0 Å². The van der Waals surface area contributed by atoms with Gasteiger partial charge in [-0.1, -0.05) is 43.6 Å². The van der Waals surface area contributed by atoms with E-state index in [1.165, 1.54) is 0 Å². The second-order valence-corrected chi connectivity index (χ2v) is 6.39. The number of benzene rings is 1. The van der Waals surface area contributed by atoms with E-state index in [0.29, 0.717) is 36.2 Å². The van der Waals surface area contributed by atoms with Gasteiger partial charge >= 0.3 is 5.97 Å². The number of nitrogens with zero attached hydrogens (tertiary/aromatic N) is 4. The zero-order valence-electron chi connectivity index (χ0n) is 15.9. The molecule has 0 radical (unpaired) electrons. The van der Waals surface area contributed by atoms with Crippen LogP contribution in [0.2, 0.25) is 0 Å². The van der Waals surface area contributed by atoms with Crippen LogP contribution >= 0.6 is 0 Å². The van der Waals surface area contributed by atoms with Crippen LogP contribution in [0.5, 0.6) is 5.75 Å². The van der Waals surface area contributed by atoms with Gasteiger partial charge in [-0.25, -0.2) is 4.79 Å². The van der Waals surface area contributed by atoms with Crippen molar-refractivity contribution in [1.82, 2.24) is 20.2 Å². The molecule has 2 heterocycles. The molecule has 1 N–H and O–H groups in total. The van der Waals surface area contributed by atoms with Gasteiger partial charge in [0, 0.05) is 11.3 Å². The topological polar surface area (TPSA) is 91.2 Å². The fourth-order valence-corrected chi connectivity index (χ4v) is 3.00. The van der Waals surface area contributed by atoms with Crippen molar-refractivity contribution in [3.05, 3.63) is 41.1 Å². The molecule has 1 atom stereocenters.